The number of aryl methyl sites for hydroxylation is 1. The minimum absolute atomic E-state index is 0.422. The molecule has 1 rings (SSSR count). The third kappa shape index (κ3) is 2.71. The van der Waals surface area contributed by atoms with Crippen LogP contribution in [-0.4, -0.2) is 10.7 Å². The number of nitrogens with two attached hydrogens (primary N) is 1. The molecule has 3 N–H and O–H groups in total. The van der Waals surface area contributed by atoms with Crippen LogP contribution in [0, 0.1) is 12.3 Å². The van der Waals surface area contributed by atoms with E-state index in [9.17, 15) is 0 Å². The number of nitrogens with zero attached hydrogens (tertiary/aromatic N) is 1. The van der Waals surface area contributed by atoms with Crippen LogP contribution in [0.5, 0.6) is 0 Å². The third-order valence-electron chi connectivity index (χ3n) is 1.58. The minimum atomic E-state index is 0.422. The Balaban J connectivity index is 2.96. The Morgan fingerprint density at radius 2 is 2.31 bits per heavy atom. The van der Waals surface area contributed by atoms with E-state index in [1.165, 1.54) is 0 Å². The van der Waals surface area contributed by atoms with Gasteiger partial charge in [0.15, 0.2) is 0 Å². The molecule has 0 aliphatic rings. The lowest BCUT2D eigenvalue weighted by Gasteiger charge is -2.00. The summed E-state index contributed by atoms with van der Waals surface area (Å²) in [6.07, 6.45) is 3.33. The number of pyridine rings is 1. The van der Waals surface area contributed by atoms with E-state index < -0.39 is 0 Å². The monoisotopic (exact) mass is 175 g/mol. The standard InChI is InChI=1S/C10H13N3/c1-7(11)5-10(12)9-3-4-13-8(2)6-9/h3-6,12H,11H2,1-2H3/b7-5+,12-10?. The van der Waals surface area contributed by atoms with Gasteiger partial charge in [0.05, 0.1) is 5.71 Å². The largest absolute Gasteiger partial charge is 0.402 e. The Kier molecular flexibility index (Phi) is 2.80. The van der Waals surface area contributed by atoms with E-state index in [0.717, 1.165) is 11.3 Å². The van der Waals surface area contributed by atoms with Crippen LogP contribution < -0.4 is 5.73 Å². The Labute approximate surface area is 77.8 Å². The molecule has 3 heteroatoms. The van der Waals surface area contributed by atoms with E-state index in [4.69, 9.17) is 11.1 Å². The molecule has 1 heterocycles. The van der Waals surface area contributed by atoms with Crippen molar-refractivity contribution in [3.8, 4) is 0 Å². The van der Waals surface area contributed by atoms with Crippen LogP contribution in [-0.2, 0) is 0 Å². The van der Waals surface area contributed by atoms with Crippen LogP contribution in [0.4, 0.5) is 0 Å². The molecular formula is C10H13N3. The maximum Gasteiger partial charge on any atom is 0.0630 e. The number of rotatable bonds is 2. The molecule has 0 saturated carbocycles. The molecule has 0 bridgehead atoms. The molecule has 0 unspecified atom stereocenters. The lowest BCUT2D eigenvalue weighted by Crippen LogP contribution is -2.00. The molecule has 0 fully saturated rings. The highest BCUT2D eigenvalue weighted by molar-refractivity contribution is 6.06. The fourth-order valence-corrected chi connectivity index (χ4v) is 1.02. The van der Waals surface area contributed by atoms with Crippen LogP contribution >= 0.6 is 0 Å². The summed E-state index contributed by atoms with van der Waals surface area (Å²) >= 11 is 0. The van der Waals surface area contributed by atoms with Gasteiger partial charge in [-0.05, 0) is 32.1 Å². The first-order valence-corrected chi connectivity index (χ1v) is 4.05. The second kappa shape index (κ2) is 3.85. The van der Waals surface area contributed by atoms with Crippen molar-refractivity contribution < 1.29 is 0 Å². The van der Waals surface area contributed by atoms with Crippen LogP contribution in [0.2, 0.25) is 0 Å². The molecule has 68 valence electrons. The third-order valence-corrected chi connectivity index (χ3v) is 1.58. The van der Waals surface area contributed by atoms with E-state index in [-0.39, 0.29) is 0 Å². The molecule has 0 amide bonds. The van der Waals surface area contributed by atoms with E-state index in [1.54, 1.807) is 25.3 Å². The van der Waals surface area contributed by atoms with Gasteiger partial charge in [-0.3, -0.25) is 4.98 Å². The van der Waals surface area contributed by atoms with Gasteiger partial charge >= 0.3 is 0 Å². The number of allylic oxidation sites excluding steroid dienone is 2. The van der Waals surface area contributed by atoms with Crippen molar-refractivity contribution in [2.45, 2.75) is 13.8 Å². The zero-order valence-electron chi connectivity index (χ0n) is 7.83. The smallest absolute Gasteiger partial charge is 0.0630 e. The van der Waals surface area contributed by atoms with Gasteiger partial charge in [-0.25, -0.2) is 0 Å². The van der Waals surface area contributed by atoms with Crippen LogP contribution in [0.1, 0.15) is 18.2 Å². The van der Waals surface area contributed by atoms with E-state index >= 15 is 0 Å². The van der Waals surface area contributed by atoms with Crippen molar-refractivity contribution in [2.75, 3.05) is 0 Å². The SMILES string of the molecule is C/C(N)=C\C(=N)c1ccnc(C)c1. The number of nitrogens with one attached hydrogen (secondary N) is 1. The molecule has 0 spiro atoms. The van der Waals surface area contributed by atoms with Gasteiger partial charge in [0, 0.05) is 23.2 Å². The van der Waals surface area contributed by atoms with Gasteiger partial charge in [0.1, 0.15) is 0 Å². The van der Waals surface area contributed by atoms with Crippen molar-refractivity contribution in [3.05, 3.63) is 41.4 Å². The average Bonchev–Trinajstić information content (AvgIpc) is 2.03. The molecule has 13 heavy (non-hydrogen) atoms. The predicted molar refractivity (Wildman–Crippen MR) is 53.7 cm³/mol. The lowest BCUT2D eigenvalue weighted by atomic mass is 10.1. The van der Waals surface area contributed by atoms with Crippen molar-refractivity contribution in [3.63, 3.8) is 0 Å². The van der Waals surface area contributed by atoms with Gasteiger partial charge in [-0.15, -0.1) is 0 Å². The van der Waals surface area contributed by atoms with Crippen molar-refractivity contribution >= 4 is 5.71 Å². The highest BCUT2D eigenvalue weighted by Crippen LogP contribution is 2.03. The highest BCUT2D eigenvalue weighted by atomic mass is 14.7. The molecule has 0 saturated heterocycles. The topological polar surface area (TPSA) is 62.8 Å². The Morgan fingerprint density at radius 3 is 2.85 bits per heavy atom. The Hall–Kier alpha value is -1.64. The first-order chi connectivity index (χ1) is 6.09. The summed E-state index contributed by atoms with van der Waals surface area (Å²) in [7, 11) is 0. The molecule has 0 aromatic carbocycles. The maximum atomic E-state index is 7.67. The second-order valence-electron chi connectivity index (χ2n) is 2.99. The van der Waals surface area contributed by atoms with Crippen molar-refractivity contribution in [1.29, 1.82) is 5.41 Å². The first kappa shape index (κ1) is 9.45. The first-order valence-electron chi connectivity index (χ1n) is 4.05. The van der Waals surface area contributed by atoms with Crippen molar-refractivity contribution in [2.24, 2.45) is 5.73 Å². The summed E-state index contributed by atoms with van der Waals surface area (Å²) in [6, 6.07) is 3.66. The average molecular weight is 175 g/mol. The van der Waals surface area contributed by atoms with Gasteiger partial charge < -0.3 is 11.1 Å². The fraction of sp³-hybridized carbons (Fsp3) is 0.200. The maximum absolute atomic E-state index is 7.67. The summed E-state index contributed by atoms with van der Waals surface area (Å²) in [5.41, 5.74) is 8.29. The lowest BCUT2D eigenvalue weighted by molar-refractivity contribution is 1.19. The molecular weight excluding hydrogens is 162 g/mol. The molecule has 0 aliphatic heterocycles. The van der Waals surface area contributed by atoms with E-state index in [0.29, 0.717) is 11.4 Å². The summed E-state index contributed by atoms with van der Waals surface area (Å²) in [4.78, 5) is 4.05. The summed E-state index contributed by atoms with van der Waals surface area (Å²) < 4.78 is 0. The van der Waals surface area contributed by atoms with Gasteiger partial charge in [-0.2, -0.15) is 0 Å². The normalized spacial score (nSPS) is 11.4. The molecule has 3 nitrogen and oxygen atoms in total. The predicted octanol–water partition coefficient (Wildman–Crippen LogP) is 1.62. The number of hydrogen-bond acceptors (Lipinski definition) is 3. The fourth-order valence-electron chi connectivity index (χ4n) is 1.02. The molecule has 0 radical (unpaired) electrons. The molecule has 0 aliphatic carbocycles. The highest BCUT2D eigenvalue weighted by Gasteiger charge is 1.97. The minimum Gasteiger partial charge on any atom is -0.402 e. The zero-order valence-corrected chi connectivity index (χ0v) is 7.83. The summed E-state index contributed by atoms with van der Waals surface area (Å²) in [5.74, 6) is 0. The Morgan fingerprint density at radius 1 is 1.62 bits per heavy atom. The summed E-state index contributed by atoms with van der Waals surface area (Å²) in [5, 5.41) is 7.67. The number of aromatic nitrogens is 1. The van der Waals surface area contributed by atoms with Gasteiger partial charge in [0.2, 0.25) is 0 Å². The second-order valence-corrected chi connectivity index (χ2v) is 2.99. The number of hydrogen-bond donors (Lipinski definition) is 2. The van der Waals surface area contributed by atoms with E-state index in [2.05, 4.69) is 4.98 Å². The molecule has 1 aromatic heterocycles. The molecule has 1 aromatic rings. The Bertz CT molecular complexity index is 349. The zero-order chi connectivity index (χ0) is 9.84. The van der Waals surface area contributed by atoms with Crippen LogP contribution in [0.25, 0.3) is 0 Å². The van der Waals surface area contributed by atoms with Crippen molar-refractivity contribution in [1.82, 2.24) is 4.98 Å². The van der Waals surface area contributed by atoms with Gasteiger partial charge in [0.25, 0.3) is 0 Å². The quantitative estimate of drug-likeness (QED) is 0.671. The summed E-state index contributed by atoms with van der Waals surface area (Å²) in [6.45, 7) is 3.67. The molecule has 0 atom stereocenters. The van der Waals surface area contributed by atoms with Gasteiger partial charge in [-0.1, -0.05) is 0 Å². The van der Waals surface area contributed by atoms with Crippen LogP contribution in [0.3, 0.4) is 0 Å². The van der Waals surface area contributed by atoms with E-state index in [1.807, 2.05) is 13.0 Å². The van der Waals surface area contributed by atoms with Crippen LogP contribution in [0.15, 0.2) is 30.1 Å².